The van der Waals surface area contributed by atoms with Crippen LogP contribution in [0.4, 0.5) is 4.39 Å². The SMILES string of the molecule is C=CC(C(=O)O)C1CCC([C@H]2CC[C@H](c3ccc(C#N)c(F)c3)CC2)CC1. The topological polar surface area (TPSA) is 61.1 Å². The molecule has 0 amide bonds. The zero-order chi connectivity index (χ0) is 19.4. The van der Waals surface area contributed by atoms with Gasteiger partial charge in [-0.25, -0.2) is 4.39 Å². The van der Waals surface area contributed by atoms with Gasteiger partial charge in [-0.15, -0.1) is 6.58 Å². The van der Waals surface area contributed by atoms with E-state index < -0.39 is 17.7 Å². The molecule has 144 valence electrons. The van der Waals surface area contributed by atoms with Crippen molar-refractivity contribution < 1.29 is 14.3 Å². The molecule has 1 atom stereocenters. The van der Waals surface area contributed by atoms with Crippen LogP contribution in [0.15, 0.2) is 30.9 Å². The van der Waals surface area contributed by atoms with Crippen LogP contribution < -0.4 is 0 Å². The zero-order valence-corrected chi connectivity index (χ0v) is 15.7. The van der Waals surface area contributed by atoms with E-state index in [1.165, 1.54) is 6.07 Å². The van der Waals surface area contributed by atoms with Crippen molar-refractivity contribution in [3.05, 3.63) is 47.8 Å². The summed E-state index contributed by atoms with van der Waals surface area (Å²) in [4.78, 5) is 11.3. The Bertz CT molecular complexity index is 722. The van der Waals surface area contributed by atoms with Crippen LogP contribution in [0, 0.1) is 40.8 Å². The third kappa shape index (κ3) is 4.40. The molecule has 0 aromatic heterocycles. The first-order valence-corrected chi connectivity index (χ1v) is 10.1. The van der Waals surface area contributed by atoms with Gasteiger partial charge in [-0.05, 0) is 92.7 Å². The third-order valence-corrected chi connectivity index (χ3v) is 6.89. The zero-order valence-electron chi connectivity index (χ0n) is 15.7. The monoisotopic (exact) mass is 369 g/mol. The van der Waals surface area contributed by atoms with Crippen LogP contribution in [0.1, 0.15) is 68.4 Å². The largest absolute Gasteiger partial charge is 0.481 e. The maximum atomic E-state index is 13.9. The fraction of sp³-hybridized carbons (Fsp3) is 0.565. The Morgan fingerprint density at radius 3 is 2.22 bits per heavy atom. The summed E-state index contributed by atoms with van der Waals surface area (Å²) in [5, 5.41) is 18.2. The van der Waals surface area contributed by atoms with Gasteiger partial charge in [0.1, 0.15) is 11.9 Å². The van der Waals surface area contributed by atoms with Crippen molar-refractivity contribution in [1.82, 2.24) is 0 Å². The van der Waals surface area contributed by atoms with Crippen molar-refractivity contribution >= 4 is 5.97 Å². The fourth-order valence-corrected chi connectivity index (χ4v) is 5.27. The molecule has 0 radical (unpaired) electrons. The number of carboxylic acid groups (broad SMARTS) is 1. The second-order valence-corrected chi connectivity index (χ2v) is 8.24. The fourth-order valence-electron chi connectivity index (χ4n) is 5.27. The van der Waals surface area contributed by atoms with Gasteiger partial charge in [-0.3, -0.25) is 4.79 Å². The summed E-state index contributed by atoms with van der Waals surface area (Å²) in [6.45, 7) is 3.70. The van der Waals surface area contributed by atoms with Gasteiger partial charge >= 0.3 is 5.97 Å². The second kappa shape index (κ2) is 8.69. The minimum Gasteiger partial charge on any atom is -0.481 e. The molecule has 0 bridgehead atoms. The molecular formula is C23H28FNO2. The standard InChI is InChI=1S/C23H28FNO2/c1-2-21(23(26)27)18-9-7-16(8-10-18)15-3-5-17(6-4-15)19-11-12-20(14-25)22(24)13-19/h2,11-13,15-18,21H,1,3-10H2,(H,26,27)/t15-,16?,17-,18?,21?. The number of nitrogens with zero attached hydrogens (tertiary/aromatic N) is 1. The van der Waals surface area contributed by atoms with Crippen LogP contribution in [0.5, 0.6) is 0 Å². The van der Waals surface area contributed by atoms with Crippen LogP contribution in [-0.4, -0.2) is 11.1 Å². The van der Waals surface area contributed by atoms with Crippen molar-refractivity contribution in [2.24, 2.45) is 23.7 Å². The summed E-state index contributed by atoms with van der Waals surface area (Å²) in [7, 11) is 0. The average molecular weight is 369 g/mol. The predicted octanol–water partition coefficient (Wildman–Crippen LogP) is 5.66. The van der Waals surface area contributed by atoms with E-state index in [0.29, 0.717) is 17.8 Å². The Kier molecular flexibility index (Phi) is 6.31. The lowest BCUT2D eigenvalue weighted by Crippen LogP contribution is -2.30. The molecule has 1 N–H and O–H groups in total. The van der Waals surface area contributed by atoms with Crippen LogP contribution in [0.25, 0.3) is 0 Å². The van der Waals surface area contributed by atoms with Gasteiger partial charge in [0.2, 0.25) is 0 Å². The molecule has 0 spiro atoms. The first kappa shape index (κ1) is 19.6. The number of carbonyl (C=O) groups is 1. The summed E-state index contributed by atoms with van der Waals surface area (Å²) in [5.74, 6) is 0.449. The van der Waals surface area contributed by atoms with E-state index in [-0.39, 0.29) is 11.5 Å². The van der Waals surface area contributed by atoms with E-state index in [1.54, 1.807) is 12.1 Å². The minimum absolute atomic E-state index is 0.114. The molecule has 1 unspecified atom stereocenters. The summed E-state index contributed by atoms with van der Waals surface area (Å²) in [6.07, 6.45) is 10.2. The number of halogens is 1. The maximum Gasteiger partial charge on any atom is 0.310 e. The summed E-state index contributed by atoms with van der Waals surface area (Å²) in [6, 6.07) is 6.91. The Balaban J connectivity index is 1.52. The van der Waals surface area contributed by atoms with Crippen molar-refractivity contribution in [1.29, 1.82) is 5.26 Å². The van der Waals surface area contributed by atoms with Gasteiger partial charge in [0, 0.05) is 0 Å². The molecule has 2 aliphatic rings. The number of carboxylic acids is 1. The number of benzene rings is 1. The Hall–Kier alpha value is -2.15. The molecule has 1 aromatic carbocycles. The van der Waals surface area contributed by atoms with Gasteiger partial charge in [-0.2, -0.15) is 5.26 Å². The highest BCUT2D eigenvalue weighted by atomic mass is 19.1. The van der Waals surface area contributed by atoms with Gasteiger partial charge in [0.05, 0.1) is 11.5 Å². The van der Waals surface area contributed by atoms with Crippen LogP contribution >= 0.6 is 0 Å². The molecule has 3 nitrogen and oxygen atoms in total. The molecule has 0 saturated heterocycles. The Morgan fingerprint density at radius 2 is 1.74 bits per heavy atom. The lowest BCUT2D eigenvalue weighted by molar-refractivity contribution is -0.142. The second-order valence-electron chi connectivity index (χ2n) is 8.24. The van der Waals surface area contributed by atoms with Crippen LogP contribution in [-0.2, 0) is 4.79 Å². The first-order chi connectivity index (χ1) is 13.0. The average Bonchev–Trinajstić information content (AvgIpc) is 2.69. The molecular weight excluding hydrogens is 341 g/mol. The highest BCUT2D eigenvalue weighted by Gasteiger charge is 2.34. The van der Waals surface area contributed by atoms with E-state index in [9.17, 15) is 14.3 Å². The normalized spacial score (nSPS) is 29.5. The number of hydrogen-bond donors (Lipinski definition) is 1. The van der Waals surface area contributed by atoms with E-state index in [4.69, 9.17) is 5.26 Å². The summed E-state index contributed by atoms with van der Waals surface area (Å²) < 4.78 is 13.9. The summed E-state index contributed by atoms with van der Waals surface area (Å²) in [5.41, 5.74) is 1.13. The van der Waals surface area contributed by atoms with Crippen molar-refractivity contribution in [2.45, 2.75) is 57.3 Å². The van der Waals surface area contributed by atoms with Crippen molar-refractivity contribution in [3.8, 4) is 6.07 Å². The molecule has 27 heavy (non-hydrogen) atoms. The molecule has 2 aliphatic carbocycles. The van der Waals surface area contributed by atoms with Crippen LogP contribution in [0.3, 0.4) is 0 Å². The predicted molar refractivity (Wildman–Crippen MR) is 103 cm³/mol. The summed E-state index contributed by atoms with van der Waals surface area (Å²) >= 11 is 0. The quantitative estimate of drug-likeness (QED) is 0.681. The lowest BCUT2D eigenvalue weighted by Gasteiger charge is -2.38. The van der Waals surface area contributed by atoms with E-state index in [2.05, 4.69) is 6.58 Å². The van der Waals surface area contributed by atoms with E-state index in [0.717, 1.165) is 56.9 Å². The Morgan fingerprint density at radius 1 is 1.15 bits per heavy atom. The first-order valence-electron chi connectivity index (χ1n) is 10.1. The molecule has 3 rings (SSSR count). The molecule has 2 saturated carbocycles. The van der Waals surface area contributed by atoms with Crippen molar-refractivity contribution in [2.75, 3.05) is 0 Å². The highest BCUT2D eigenvalue weighted by Crippen LogP contribution is 2.45. The van der Waals surface area contributed by atoms with E-state index in [1.807, 2.05) is 12.1 Å². The van der Waals surface area contributed by atoms with Gasteiger partial charge < -0.3 is 5.11 Å². The number of hydrogen-bond acceptors (Lipinski definition) is 2. The van der Waals surface area contributed by atoms with Crippen LogP contribution in [0.2, 0.25) is 0 Å². The maximum absolute atomic E-state index is 13.9. The lowest BCUT2D eigenvalue weighted by atomic mass is 9.67. The molecule has 4 heteroatoms. The Labute approximate surface area is 160 Å². The molecule has 1 aromatic rings. The van der Waals surface area contributed by atoms with Gasteiger partial charge in [-0.1, -0.05) is 12.1 Å². The molecule has 2 fully saturated rings. The number of nitriles is 1. The smallest absolute Gasteiger partial charge is 0.310 e. The third-order valence-electron chi connectivity index (χ3n) is 6.89. The molecule has 0 heterocycles. The minimum atomic E-state index is -0.747. The van der Waals surface area contributed by atoms with Crippen molar-refractivity contribution in [3.63, 3.8) is 0 Å². The highest BCUT2D eigenvalue weighted by molar-refractivity contribution is 5.72. The van der Waals surface area contributed by atoms with Gasteiger partial charge in [0.25, 0.3) is 0 Å². The number of rotatable bonds is 5. The molecule has 0 aliphatic heterocycles. The van der Waals surface area contributed by atoms with Gasteiger partial charge in [0.15, 0.2) is 0 Å². The van der Waals surface area contributed by atoms with E-state index >= 15 is 0 Å². The number of aliphatic carboxylic acids is 1.